The van der Waals surface area contributed by atoms with Crippen LogP contribution in [0.15, 0.2) is 83.6 Å². The molecule has 2 aromatic carbocycles. The van der Waals surface area contributed by atoms with Crippen molar-refractivity contribution in [3.8, 4) is 0 Å². The second-order valence-electron chi connectivity index (χ2n) is 10.5. The summed E-state index contributed by atoms with van der Waals surface area (Å²) in [5, 5.41) is 10.3. The molecule has 15 heteroatoms. The zero-order valence-electron chi connectivity index (χ0n) is 26.4. The number of anilines is 2. The molecule has 4 amide bonds. The predicted molar refractivity (Wildman–Crippen MR) is 178 cm³/mol. The minimum absolute atomic E-state index is 0.194. The Hall–Kier alpha value is -5.18. The van der Waals surface area contributed by atoms with Crippen LogP contribution < -0.4 is 21.3 Å². The highest BCUT2D eigenvalue weighted by Gasteiger charge is 2.21. The zero-order chi connectivity index (χ0) is 35.9. The zero-order valence-corrected chi connectivity index (χ0v) is 28.0. The molecule has 4 aromatic rings. The van der Waals surface area contributed by atoms with Gasteiger partial charge in [-0.25, -0.2) is 27.5 Å². The molecule has 0 radical (unpaired) electrons. The molecule has 4 rings (SSSR count). The Labute approximate surface area is 288 Å². The van der Waals surface area contributed by atoms with Crippen molar-refractivity contribution in [2.45, 2.75) is 51.6 Å². The van der Waals surface area contributed by atoms with Crippen LogP contribution in [0.5, 0.6) is 0 Å². The van der Waals surface area contributed by atoms with Crippen LogP contribution in [0.1, 0.15) is 37.8 Å². The molecular weight excluding hydrogens is 712 g/mol. The van der Waals surface area contributed by atoms with Gasteiger partial charge in [-0.05, 0) is 88.4 Å². The SMILES string of the molecule is CCC(NC(=O)Cc1cc(F)cc(F)c1)C(=O)Nc1ccc(Br)cn1.CCC(NC(=O)Cc1cc(F)cc(F)c1)C(=O)Nc1ccccn1. The van der Waals surface area contributed by atoms with Crippen LogP contribution in [0.3, 0.4) is 0 Å². The number of halogens is 5. The Bertz CT molecular complexity index is 1710. The number of carbonyl (C=O) groups is 4. The van der Waals surface area contributed by atoms with E-state index in [4.69, 9.17) is 0 Å². The lowest BCUT2D eigenvalue weighted by atomic mass is 10.1. The molecule has 49 heavy (non-hydrogen) atoms. The topological polar surface area (TPSA) is 142 Å². The average Bonchev–Trinajstić information content (AvgIpc) is 3.03. The van der Waals surface area contributed by atoms with E-state index in [-0.39, 0.29) is 24.0 Å². The summed E-state index contributed by atoms with van der Waals surface area (Å²) in [6.45, 7) is 3.48. The van der Waals surface area contributed by atoms with Gasteiger partial charge >= 0.3 is 0 Å². The van der Waals surface area contributed by atoms with Crippen LogP contribution in [-0.2, 0) is 32.0 Å². The van der Waals surface area contributed by atoms with Crippen LogP contribution in [0.2, 0.25) is 0 Å². The molecule has 0 bridgehead atoms. The van der Waals surface area contributed by atoms with Gasteiger partial charge in [0.05, 0.1) is 12.8 Å². The van der Waals surface area contributed by atoms with Crippen molar-refractivity contribution in [1.82, 2.24) is 20.6 Å². The van der Waals surface area contributed by atoms with Crippen molar-refractivity contribution in [2.75, 3.05) is 10.6 Å². The van der Waals surface area contributed by atoms with Gasteiger partial charge in [0.1, 0.15) is 47.0 Å². The molecule has 0 saturated carbocycles. The highest BCUT2D eigenvalue weighted by Crippen LogP contribution is 2.13. The molecule has 0 aliphatic rings. The molecule has 10 nitrogen and oxygen atoms in total. The molecule has 2 unspecified atom stereocenters. The van der Waals surface area contributed by atoms with Gasteiger partial charge in [-0.3, -0.25) is 19.2 Å². The largest absolute Gasteiger partial charge is 0.344 e. The highest BCUT2D eigenvalue weighted by molar-refractivity contribution is 9.10. The fourth-order valence-electron chi connectivity index (χ4n) is 4.31. The van der Waals surface area contributed by atoms with E-state index in [2.05, 4.69) is 47.2 Å². The highest BCUT2D eigenvalue weighted by atomic mass is 79.9. The Morgan fingerprint density at radius 3 is 1.47 bits per heavy atom. The number of benzene rings is 2. The van der Waals surface area contributed by atoms with Gasteiger partial charge in [-0.1, -0.05) is 19.9 Å². The van der Waals surface area contributed by atoms with E-state index >= 15 is 0 Å². The maximum absolute atomic E-state index is 13.2. The summed E-state index contributed by atoms with van der Waals surface area (Å²) >= 11 is 3.24. The second kappa shape index (κ2) is 19.0. The number of amides is 4. The number of pyridine rings is 2. The van der Waals surface area contributed by atoms with Gasteiger partial charge in [-0.15, -0.1) is 0 Å². The fourth-order valence-corrected chi connectivity index (χ4v) is 4.54. The van der Waals surface area contributed by atoms with E-state index in [1.807, 2.05) is 0 Å². The summed E-state index contributed by atoms with van der Waals surface area (Å²) in [6, 6.07) is 12.6. The summed E-state index contributed by atoms with van der Waals surface area (Å²) in [4.78, 5) is 56.4. The molecule has 4 N–H and O–H groups in total. The molecule has 0 aliphatic heterocycles. The number of hydrogen-bond donors (Lipinski definition) is 4. The Kier molecular flexibility index (Phi) is 14.8. The van der Waals surface area contributed by atoms with Crippen molar-refractivity contribution in [1.29, 1.82) is 0 Å². The summed E-state index contributed by atoms with van der Waals surface area (Å²) in [5.41, 5.74) is 0.393. The molecule has 2 heterocycles. The summed E-state index contributed by atoms with van der Waals surface area (Å²) < 4.78 is 53.4. The van der Waals surface area contributed by atoms with Crippen molar-refractivity contribution >= 4 is 51.2 Å². The molecule has 0 fully saturated rings. The average molecular weight is 746 g/mol. The third kappa shape index (κ3) is 13.5. The Balaban J connectivity index is 0.000000266. The number of nitrogens with one attached hydrogen (secondary N) is 4. The van der Waals surface area contributed by atoms with E-state index in [0.717, 1.165) is 40.9 Å². The third-order valence-electron chi connectivity index (χ3n) is 6.59. The van der Waals surface area contributed by atoms with Crippen molar-refractivity contribution in [2.24, 2.45) is 0 Å². The quantitative estimate of drug-likeness (QED) is 0.139. The molecule has 0 saturated heterocycles. The first kappa shape index (κ1) is 38.3. The Morgan fingerprint density at radius 1 is 0.653 bits per heavy atom. The number of nitrogens with zero attached hydrogens (tertiary/aromatic N) is 2. The van der Waals surface area contributed by atoms with Gasteiger partial charge in [-0.2, -0.15) is 0 Å². The predicted octanol–water partition coefficient (Wildman–Crippen LogP) is 5.63. The molecule has 2 aromatic heterocycles. The lowest BCUT2D eigenvalue weighted by molar-refractivity contribution is -0.126. The number of hydrogen-bond acceptors (Lipinski definition) is 6. The van der Waals surface area contributed by atoms with Gasteiger partial charge in [0, 0.05) is 29.0 Å². The molecule has 2 atom stereocenters. The molecule has 0 aliphatic carbocycles. The van der Waals surface area contributed by atoms with Crippen LogP contribution >= 0.6 is 15.9 Å². The number of aromatic nitrogens is 2. The summed E-state index contributed by atoms with van der Waals surface area (Å²) in [6.07, 6.45) is 3.34. The van der Waals surface area contributed by atoms with Crippen molar-refractivity contribution < 1.29 is 36.7 Å². The lowest BCUT2D eigenvalue weighted by Gasteiger charge is -2.16. The van der Waals surface area contributed by atoms with Gasteiger partial charge < -0.3 is 21.3 Å². The van der Waals surface area contributed by atoms with Gasteiger partial charge in [0.25, 0.3) is 0 Å². The van der Waals surface area contributed by atoms with E-state index in [1.54, 1.807) is 44.2 Å². The van der Waals surface area contributed by atoms with E-state index in [0.29, 0.717) is 24.5 Å². The monoisotopic (exact) mass is 744 g/mol. The summed E-state index contributed by atoms with van der Waals surface area (Å²) in [5.74, 6) is -4.11. The molecule has 258 valence electrons. The minimum Gasteiger partial charge on any atom is -0.344 e. The minimum atomic E-state index is -0.781. The lowest BCUT2D eigenvalue weighted by Crippen LogP contribution is -2.44. The second-order valence-corrected chi connectivity index (χ2v) is 11.4. The van der Waals surface area contributed by atoms with E-state index in [9.17, 15) is 36.7 Å². The van der Waals surface area contributed by atoms with Crippen LogP contribution in [0, 0.1) is 23.3 Å². The van der Waals surface area contributed by atoms with Crippen molar-refractivity contribution in [3.63, 3.8) is 0 Å². The van der Waals surface area contributed by atoms with Gasteiger partial charge in [0.2, 0.25) is 23.6 Å². The third-order valence-corrected chi connectivity index (χ3v) is 7.06. The standard InChI is InChI=1S/C17H16BrF2N3O2.C17H17F2N3O2/c1-2-14(17(25)23-15-4-3-11(18)9-21-15)22-16(24)7-10-5-12(19)8-13(20)6-10;1-2-14(17(24)22-15-5-3-4-6-20-15)21-16(23)9-11-7-12(18)10-13(19)8-11/h3-6,8-9,14H,2,7H2,1H3,(H,22,24)(H,21,23,25);3-8,10,14H,2,9H2,1H3,(H,21,23)(H,20,22,24). The fraction of sp³-hybridized carbons (Fsp3) is 0.235. The van der Waals surface area contributed by atoms with Crippen LogP contribution in [-0.4, -0.2) is 45.7 Å². The number of rotatable bonds is 12. The first-order valence-corrected chi connectivity index (χ1v) is 15.8. The van der Waals surface area contributed by atoms with Crippen LogP contribution in [0.25, 0.3) is 0 Å². The first-order valence-electron chi connectivity index (χ1n) is 15.0. The molecular formula is C34H33BrF4N6O4. The van der Waals surface area contributed by atoms with Crippen molar-refractivity contribution in [3.05, 3.63) is 118 Å². The molecule has 0 spiro atoms. The van der Waals surface area contributed by atoms with Gasteiger partial charge in [0.15, 0.2) is 0 Å². The summed E-state index contributed by atoms with van der Waals surface area (Å²) in [7, 11) is 0. The van der Waals surface area contributed by atoms with E-state index in [1.165, 1.54) is 12.4 Å². The maximum Gasteiger partial charge on any atom is 0.248 e. The number of carbonyl (C=O) groups excluding carboxylic acids is 4. The van der Waals surface area contributed by atoms with E-state index < -0.39 is 59.0 Å². The normalized spacial score (nSPS) is 11.7. The smallest absolute Gasteiger partial charge is 0.248 e. The first-order chi connectivity index (χ1) is 23.3. The van der Waals surface area contributed by atoms with Crippen LogP contribution in [0.4, 0.5) is 29.2 Å². The Morgan fingerprint density at radius 2 is 1.10 bits per heavy atom. The maximum atomic E-state index is 13.2.